The lowest BCUT2D eigenvalue weighted by atomic mass is 10.2. The largest absolute Gasteiger partial charge is 0.378 e. The van der Waals surface area contributed by atoms with E-state index >= 15 is 0 Å². The predicted octanol–water partition coefficient (Wildman–Crippen LogP) is 1.72. The fraction of sp³-hybridized carbons (Fsp3) is 0.333. The van der Waals surface area contributed by atoms with Crippen LogP contribution in [0.2, 0.25) is 0 Å². The van der Waals surface area contributed by atoms with Gasteiger partial charge in [-0.3, -0.25) is 5.10 Å². The lowest BCUT2D eigenvalue weighted by molar-refractivity contribution is 0.122. The van der Waals surface area contributed by atoms with E-state index in [1.54, 1.807) is 12.4 Å². The van der Waals surface area contributed by atoms with E-state index in [1.807, 2.05) is 13.0 Å². The van der Waals surface area contributed by atoms with E-state index in [9.17, 15) is 0 Å². The topological polar surface area (TPSA) is 106 Å². The highest BCUT2D eigenvalue weighted by Gasteiger charge is 2.23. The van der Waals surface area contributed by atoms with Crippen LogP contribution < -0.4 is 10.6 Å². The minimum absolute atomic E-state index is 0.485. The molecule has 0 aliphatic carbocycles. The van der Waals surface area contributed by atoms with Crippen molar-refractivity contribution in [2.45, 2.75) is 6.92 Å². The first-order valence-electron chi connectivity index (χ1n) is 7.65. The normalized spacial score (nSPS) is 15.0. The lowest BCUT2D eigenvalue weighted by Crippen LogP contribution is -2.36. The molecule has 0 unspecified atom stereocenters. The van der Waals surface area contributed by atoms with Crippen molar-refractivity contribution in [1.29, 1.82) is 0 Å². The number of morpholine rings is 1. The number of nitrogens with two attached hydrogens (primary N) is 1. The van der Waals surface area contributed by atoms with E-state index < -0.39 is 0 Å². The van der Waals surface area contributed by atoms with Gasteiger partial charge >= 0.3 is 0 Å². The van der Waals surface area contributed by atoms with Crippen molar-refractivity contribution in [1.82, 2.24) is 25.1 Å². The number of aromatic amines is 1. The Morgan fingerprint density at radius 2 is 2.12 bits per heavy atom. The smallest absolute Gasteiger partial charge is 0.181 e. The molecule has 0 bridgehead atoms. The van der Waals surface area contributed by atoms with Crippen LogP contribution in [0.5, 0.6) is 0 Å². The zero-order valence-electron chi connectivity index (χ0n) is 13.2. The summed E-state index contributed by atoms with van der Waals surface area (Å²) in [4.78, 5) is 16.5. The van der Waals surface area contributed by atoms with E-state index in [1.165, 1.54) is 11.3 Å². The molecule has 4 rings (SSSR count). The zero-order chi connectivity index (χ0) is 16.5. The molecule has 1 aliphatic heterocycles. The summed E-state index contributed by atoms with van der Waals surface area (Å²) in [6.07, 6.45) is 3.52. The third-order valence-electron chi connectivity index (χ3n) is 3.84. The summed E-state index contributed by atoms with van der Waals surface area (Å²) < 4.78 is 5.42. The van der Waals surface area contributed by atoms with E-state index in [-0.39, 0.29) is 0 Å². The minimum Gasteiger partial charge on any atom is -0.378 e. The average Bonchev–Trinajstić information content (AvgIpc) is 3.22. The van der Waals surface area contributed by atoms with Gasteiger partial charge in [0.25, 0.3) is 0 Å². The van der Waals surface area contributed by atoms with Gasteiger partial charge in [0.05, 0.1) is 30.7 Å². The molecule has 8 nitrogen and oxygen atoms in total. The highest BCUT2D eigenvalue weighted by Crippen LogP contribution is 2.39. The summed E-state index contributed by atoms with van der Waals surface area (Å²) in [6, 6.07) is 1.87. The van der Waals surface area contributed by atoms with Gasteiger partial charge in [-0.1, -0.05) is 11.3 Å². The Balaban J connectivity index is 1.80. The Hall–Kier alpha value is -2.52. The molecule has 124 valence electrons. The van der Waals surface area contributed by atoms with Crippen molar-refractivity contribution >= 4 is 22.3 Å². The fourth-order valence-electron chi connectivity index (χ4n) is 2.71. The Morgan fingerprint density at radius 1 is 1.29 bits per heavy atom. The molecule has 1 aliphatic rings. The van der Waals surface area contributed by atoms with Crippen molar-refractivity contribution in [3.8, 4) is 22.0 Å². The lowest BCUT2D eigenvalue weighted by Gasteiger charge is -2.28. The van der Waals surface area contributed by atoms with Crippen molar-refractivity contribution < 1.29 is 4.74 Å². The number of nitrogen functional groups attached to an aromatic ring is 1. The fourth-order valence-corrected chi connectivity index (χ4v) is 3.50. The Kier molecular flexibility index (Phi) is 3.87. The Morgan fingerprint density at radius 3 is 2.92 bits per heavy atom. The van der Waals surface area contributed by atoms with Crippen molar-refractivity contribution in [3.63, 3.8) is 0 Å². The number of hydrogen-bond acceptors (Lipinski definition) is 8. The number of hydrogen-bond donors (Lipinski definition) is 2. The highest BCUT2D eigenvalue weighted by atomic mass is 32.1. The maximum atomic E-state index is 5.98. The number of rotatable bonds is 3. The number of nitrogens with one attached hydrogen (secondary N) is 1. The summed E-state index contributed by atoms with van der Waals surface area (Å²) >= 11 is 1.39. The van der Waals surface area contributed by atoms with Crippen molar-refractivity contribution in [3.05, 3.63) is 24.2 Å². The number of aromatic nitrogens is 5. The van der Waals surface area contributed by atoms with Gasteiger partial charge in [-0.15, -0.1) is 0 Å². The minimum atomic E-state index is 0.485. The van der Waals surface area contributed by atoms with E-state index in [2.05, 4.69) is 30.0 Å². The molecule has 0 amide bonds. The standard InChI is InChI=1S/C15H17N7OS/c1-9-2-3-17-13(19-9)12-11(20-15(16)24-12)10-8-18-21-14(10)22-4-6-23-7-5-22/h2-3,8H,4-7H2,1H3,(H2,16,20)(H,18,21). The van der Waals surface area contributed by atoms with Gasteiger partial charge in [-0.2, -0.15) is 5.10 Å². The van der Waals surface area contributed by atoms with Gasteiger partial charge in [0, 0.05) is 25.0 Å². The number of H-pyrrole nitrogens is 1. The molecule has 3 aromatic rings. The molecule has 0 saturated carbocycles. The second-order valence-electron chi connectivity index (χ2n) is 5.48. The SMILES string of the molecule is Cc1ccnc(-c2sc(N)nc2-c2cn[nH]c2N2CCOCC2)n1. The van der Waals surface area contributed by atoms with E-state index in [0.717, 1.165) is 40.7 Å². The molecule has 9 heteroatoms. The van der Waals surface area contributed by atoms with Gasteiger partial charge < -0.3 is 15.4 Å². The average molecular weight is 343 g/mol. The van der Waals surface area contributed by atoms with Gasteiger partial charge in [-0.05, 0) is 13.0 Å². The van der Waals surface area contributed by atoms with Gasteiger partial charge in [0.15, 0.2) is 11.0 Å². The first-order chi connectivity index (χ1) is 11.7. The molecular formula is C15H17N7OS. The van der Waals surface area contributed by atoms with Crippen LogP contribution in [-0.2, 0) is 4.74 Å². The Labute approximate surface area is 142 Å². The summed E-state index contributed by atoms with van der Waals surface area (Å²) in [5.74, 6) is 1.56. The zero-order valence-corrected chi connectivity index (χ0v) is 14.0. The number of thiazole rings is 1. The van der Waals surface area contributed by atoms with Crippen LogP contribution in [0.25, 0.3) is 22.0 Å². The molecule has 0 atom stereocenters. The molecule has 1 saturated heterocycles. The summed E-state index contributed by atoms with van der Waals surface area (Å²) in [5, 5.41) is 7.77. The molecule has 0 radical (unpaired) electrons. The summed E-state index contributed by atoms with van der Waals surface area (Å²) in [5.41, 5.74) is 8.55. The molecule has 3 N–H and O–H groups in total. The van der Waals surface area contributed by atoms with Gasteiger partial charge in [0.1, 0.15) is 10.7 Å². The quantitative estimate of drug-likeness (QED) is 0.746. The van der Waals surface area contributed by atoms with Crippen molar-refractivity contribution in [2.75, 3.05) is 36.9 Å². The predicted molar refractivity (Wildman–Crippen MR) is 92.9 cm³/mol. The molecule has 1 fully saturated rings. The second-order valence-corrected chi connectivity index (χ2v) is 6.51. The summed E-state index contributed by atoms with van der Waals surface area (Å²) in [7, 11) is 0. The number of anilines is 2. The molecule has 0 spiro atoms. The monoisotopic (exact) mass is 343 g/mol. The third kappa shape index (κ3) is 2.72. The van der Waals surface area contributed by atoms with E-state index in [4.69, 9.17) is 10.5 Å². The first-order valence-corrected chi connectivity index (χ1v) is 8.47. The van der Waals surface area contributed by atoms with Crippen LogP contribution >= 0.6 is 11.3 Å². The first kappa shape index (κ1) is 15.0. The summed E-state index contributed by atoms with van der Waals surface area (Å²) in [6.45, 7) is 4.96. The maximum absolute atomic E-state index is 5.98. The van der Waals surface area contributed by atoms with Crippen LogP contribution in [0.15, 0.2) is 18.5 Å². The number of aryl methyl sites for hydroxylation is 1. The number of ether oxygens (including phenoxy) is 1. The van der Waals surface area contributed by atoms with Gasteiger partial charge in [-0.25, -0.2) is 15.0 Å². The highest BCUT2D eigenvalue weighted by molar-refractivity contribution is 7.19. The van der Waals surface area contributed by atoms with Crippen LogP contribution in [0, 0.1) is 6.92 Å². The Bertz CT molecular complexity index is 853. The molecule has 4 heterocycles. The van der Waals surface area contributed by atoms with Crippen LogP contribution in [0.3, 0.4) is 0 Å². The van der Waals surface area contributed by atoms with Crippen LogP contribution in [-0.4, -0.2) is 51.5 Å². The van der Waals surface area contributed by atoms with Crippen molar-refractivity contribution in [2.24, 2.45) is 0 Å². The molecule has 24 heavy (non-hydrogen) atoms. The van der Waals surface area contributed by atoms with Crippen LogP contribution in [0.4, 0.5) is 10.9 Å². The molecular weight excluding hydrogens is 326 g/mol. The maximum Gasteiger partial charge on any atom is 0.181 e. The number of nitrogens with zero attached hydrogens (tertiary/aromatic N) is 5. The van der Waals surface area contributed by atoms with Crippen LogP contribution in [0.1, 0.15) is 5.69 Å². The second kappa shape index (κ2) is 6.17. The van der Waals surface area contributed by atoms with E-state index in [0.29, 0.717) is 24.2 Å². The third-order valence-corrected chi connectivity index (χ3v) is 4.72. The molecule has 0 aromatic carbocycles. The van der Waals surface area contributed by atoms with Gasteiger partial charge in [0.2, 0.25) is 0 Å². The molecule has 3 aromatic heterocycles.